The van der Waals surface area contributed by atoms with Crippen molar-refractivity contribution >= 4 is 5.97 Å². The van der Waals surface area contributed by atoms with Crippen LogP contribution in [0.3, 0.4) is 0 Å². The number of carbonyl (C=O) groups is 1. The van der Waals surface area contributed by atoms with E-state index in [1.165, 1.54) is 0 Å². The molecular formula is C14H22NO3+. The molecular weight excluding hydrogens is 230 g/mol. The number of quaternary nitrogens is 1. The predicted octanol–water partition coefficient (Wildman–Crippen LogP) is 1.19. The van der Waals surface area contributed by atoms with Crippen LogP contribution in [-0.2, 0) is 16.1 Å². The molecule has 1 rings (SSSR count). The summed E-state index contributed by atoms with van der Waals surface area (Å²) in [5.41, 5.74) is 0.951. The molecule has 0 aliphatic heterocycles. The molecule has 0 aromatic heterocycles. The summed E-state index contributed by atoms with van der Waals surface area (Å²) >= 11 is 0. The molecule has 0 heterocycles. The number of ether oxygens (including phenoxy) is 1. The largest absolute Gasteiger partial charge is 0.461 e. The van der Waals surface area contributed by atoms with Crippen LogP contribution >= 0.6 is 0 Å². The number of carbonyl (C=O) groups excluding carboxylic acids is 1. The van der Waals surface area contributed by atoms with Crippen LogP contribution in [0.15, 0.2) is 30.3 Å². The minimum atomic E-state index is -0.659. The predicted molar refractivity (Wildman–Crippen MR) is 69.8 cm³/mol. The Morgan fingerprint density at radius 2 is 1.89 bits per heavy atom. The van der Waals surface area contributed by atoms with Gasteiger partial charge >= 0.3 is 5.97 Å². The lowest BCUT2D eigenvalue weighted by molar-refractivity contribution is -0.873. The van der Waals surface area contributed by atoms with Gasteiger partial charge < -0.3 is 14.3 Å². The Morgan fingerprint density at radius 1 is 1.28 bits per heavy atom. The van der Waals surface area contributed by atoms with E-state index in [9.17, 15) is 9.90 Å². The maximum absolute atomic E-state index is 11.5. The third-order valence-corrected chi connectivity index (χ3v) is 2.40. The third kappa shape index (κ3) is 6.37. The summed E-state index contributed by atoms with van der Waals surface area (Å²) in [4.78, 5) is 11.5. The van der Waals surface area contributed by atoms with Gasteiger partial charge in [0.1, 0.15) is 19.3 Å². The van der Waals surface area contributed by atoms with E-state index in [0.717, 1.165) is 5.56 Å². The Morgan fingerprint density at radius 3 is 2.44 bits per heavy atom. The first-order valence-electron chi connectivity index (χ1n) is 6.05. The van der Waals surface area contributed by atoms with E-state index in [4.69, 9.17) is 4.74 Å². The molecule has 4 nitrogen and oxygen atoms in total. The van der Waals surface area contributed by atoms with Gasteiger partial charge in [0, 0.05) is 0 Å². The molecule has 1 aromatic carbocycles. The average molecular weight is 252 g/mol. The molecule has 1 N–H and O–H groups in total. The molecule has 0 unspecified atom stereocenters. The molecule has 1 aromatic rings. The molecule has 4 heteroatoms. The van der Waals surface area contributed by atoms with E-state index >= 15 is 0 Å². The van der Waals surface area contributed by atoms with Crippen LogP contribution in [0, 0.1) is 0 Å². The van der Waals surface area contributed by atoms with Crippen LogP contribution in [0.25, 0.3) is 0 Å². The van der Waals surface area contributed by atoms with E-state index < -0.39 is 6.10 Å². The van der Waals surface area contributed by atoms with Gasteiger partial charge in [0.15, 0.2) is 0 Å². The number of esters is 1. The summed E-state index contributed by atoms with van der Waals surface area (Å²) in [6.07, 6.45) is -0.615. The molecule has 0 radical (unpaired) electrons. The van der Waals surface area contributed by atoms with Gasteiger partial charge in [-0.25, -0.2) is 0 Å². The van der Waals surface area contributed by atoms with Gasteiger partial charge in [-0.05, 0) is 5.56 Å². The number of aliphatic hydroxyl groups excluding tert-OH is 1. The van der Waals surface area contributed by atoms with Crippen molar-refractivity contribution in [1.82, 2.24) is 0 Å². The van der Waals surface area contributed by atoms with Crippen molar-refractivity contribution in [3.05, 3.63) is 35.9 Å². The molecule has 100 valence electrons. The number of likely N-dealkylation sites (N-methyl/N-ethyl adjacent to an activating group) is 1. The number of hydrogen-bond donors (Lipinski definition) is 1. The first-order valence-corrected chi connectivity index (χ1v) is 6.05. The van der Waals surface area contributed by atoms with Crippen molar-refractivity contribution in [2.45, 2.75) is 19.1 Å². The minimum Gasteiger partial charge on any atom is -0.461 e. The zero-order chi connectivity index (χ0) is 13.6. The van der Waals surface area contributed by atoms with Crippen LogP contribution in [-0.4, -0.2) is 49.4 Å². The SMILES string of the molecule is C[N+](C)(C)C[C@@H](O)CC(=O)OCc1ccccc1. The Labute approximate surface area is 108 Å². The molecule has 18 heavy (non-hydrogen) atoms. The lowest BCUT2D eigenvalue weighted by Crippen LogP contribution is -2.42. The second kappa shape index (κ2) is 6.52. The van der Waals surface area contributed by atoms with Crippen molar-refractivity contribution in [2.75, 3.05) is 27.7 Å². The standard InChI is InChI=1S/C14H22NO3/c1-15(2,3)10-13(16)9-14(17)18-11-12-7-5-4-6-8-12/h4-8,13,16H,9-11H2,1-3H3/q+1/t13-/m0/s1. The summed E-state index contributed by atoms with van der Waals surface area (Å²) in [7, 11) is 5.91. The zero-order valence-corrected chi connectivity index (χ0v) is 11.3. The molecule has 0 bridgehead atoms. The number of rotatable bonds is 6. The van der Waals surface area contributed by atoms with Crippen LogP contribution in [0.2, 0.25) is 0 Å². The van der Waals surface area contributed by atoms with Crippen LogP contribution < -0.4 is 0 Å². The Hall–Kier alpha value is -1.39. The molecule has 1 atom stereocenters. The van der Waals surface area contributed by atoms with Crippen molar-refractivity contribution in [2.24, 2.45) is 0 Å². The minimum absolute atomic E-state index is 0.0440. The Bertz CT molecular complexity index is 370. The maximum Gasteiger partial charge on any atom is 0.308 e. The van der Waals surface area contributed by atoms with Crippen LogP contribution in [0.4, 0.5) is 0 Å². The van der Waals surface area contributed by atoms with Gasteiger partial charge in [0.05, 0.1) is 27.6 Å². The molecule has 0 saturated carbocycles. The van der Waals surface area contributed by atoms with Gasteiger partial charge in [-0.3, -0.25) is 4.79 Å². The van der Waals surface area contributed by atoms with E-state index in [-0.39, 0.29) is 19.0 Å². The van der Waals surface area contributed by atoms with E-state index in [0.29, 0.717) is 11.0 Å². The smallest absolute Gasteiger partial charge is 0.308 e. The molecule has 0 aliphatic carbocycles. The number of hydrogen-bond acceptors (Lipinski definition) is 3. The van der Waals surface area contributed by atoms with Crippen molar-refractivity contribution in [3.63, 3.8) is 0 Å². The van der Waals surface area contributed by atoms with Gasteiger partial charge in [0.25, 0.3) is 0 Å². The fraction of sp³-hybridized carbons (Fsp3) is 0.500. The van der Waals surface area contributed by atoms with Gasteiger partial charge in [0.2, 0.25) is 0 Å². The quantitative estimate of drug-likeness (QED) is 0.611. The number of aliphatic hydroxyl groups is 1. The summed E-state index contributed by atoms with van der Waals surface area (Å²) in [6, 6.07) is 9.51. The first kappa shape index (κ1) is 14.7. The lowest BCUT2D eigenvalue weighted by Gasteiger charge is -2.26. The third-order valence-electron chi connectivity index (χ3n) is 2.40. The molecule has 0 saturated heterocycles. The van der Waals surface area contributed by atoms with E-state index in [1.54, 1.807) is 0 Å². The van der Waals surface area contributed by atoms with Crippen molar-refractivity contribution in [1.29, 1.82) is 0 Å². The zero-order valence-electron chi connectivity index (χ0n) is 11.3. The maximum atomic E-state index is 11.5. The lowest BCUT2D eigenvalue weighted by atomic mass is 10.2. The normalized spacial score (nSPS) is 13.1. The summed E-state index contributed by atoms with van der Waals surface area (Å²) in [5.74, 6) is -0.361. The van der Waals surface area contributed by atoms with Crippen LogP contribution in [0.5, 0.6) is 0 Å². The van der Waals surface area contributed by atoms with Crippen molar-refractivity contribution < 1.29 is 19.1 Å². The average Bonchev–Trinajstić information content (AvgIpc) is 2.25. The molecule has 0 spiro atoms. The topological polar surface area (TPSA) is 46.5 Å². The van der Waals surface area contributed by atoms with Gasteiger partial charge in [-0.15, -0.1) is 0 Å². The second-order valence-electron chi connectivity index (χ2n) is 5.48. The summed E-state index contributed by atoms with van der Waals surface area (Å²) < 4.78 is 5.73. The second-order valence-corrected chi connectivity index (χ2v) is 5.48. The fourth-order valence-electron chi connectivity index (χ4n) is 1.69. The first-order chi connectivity index (χ1) is 8.37. The highest BCUT2D eigenvalue weighted by Crippen LogP contribution is 2.04. The molecule has 0 fully saturated rings. The highest BCUT2D eigenvalue weighted by Gasteiger charge is 2.19. The summed E-state index contributed by atoms with van der Waals surface area (Å²) in [6.45, 7) is 0.789. The summed E-state index contributed by atoms with van der Waals surface area (Å²) in [5, 5.41) is 9.74. The van der Waals surface area contributed by atoms with Crippen LogP contribution in [0.1, 0.15) is 12.0 Å². The molecule has 0 amide bonds. The molecule has 0 aliphatic rings. The Kier molecular flexibility index (Phi) is 5.31. The highest BCUT2D eigenvalue weighted by atomic mass is 16.5. The monoisotopic (exact) mass is 252 g/mol. The fourth-order valence-corrected chi connectivity index (χ4v) is 1.69. The van der Waals surface area contributed by atoms with Gasteiger partial charge in [-0.1, -0.05) is 30.3 Å². The highest BCUT2D eigenvalue weighted by molar-refractivity contribution is 5.69. The number of nitrogens with zero attached hydrogens (tertiary/aromatic N) is 1. The van der Waals surface area contributed by atoms with E-state index in [2.05, 4.69) is 0 Å². The Balaban J connectivity index is 2.30. The van der Waals surface area contributed by atoms with Gasteiger partial charge in [-0.2, -0.15) is 0 Å². The van der Waals surface area contributed by atoms with Crippen molar-refractivity contribution in [3.8, 4) is 0 Å². The number of benzene rings is 1. The van der Waals surface area contributed by atoms with E-state index in [1.807, 2.05) is 51.5 Å².